The number of thioether (sulfide) groups is 1. The number of hydrogen-bond donors (Lipinski definition) is 2. The molecule has 2 N–H and O–H groups in total. The fourth-order valence-electron chi connectivity index (χ4n) is 1.58. The summed E-state index contributed by atoms with van der Waals surface area (Å²) < 4.78 is 0. The largest absolute Gasteiger partial charge is 0.356 e. The summed E-state index contributed by atoms with van der Waals surface area (Å²) in [6.07, 6.45) is 4.50. The predicted octanol–water partition coefficient (Wildman–Crippen LogP) is 2.10. The molecule has 1 rings (SSSR count). The van der Waals surface area contributed by atoms with E-state index in [-0.39, 0.29) is 24.0 Å². The Morgan fingerprint density at radius 1 is 1.44 bits per heavy atom. The van der Waals surface area contributed by atoms with Gasteiger partial charge in [0.25, 0.3) is 0 Å². The molecule has 0 spiro atoms. The first kappa shape index (κ1) is 16.1. The first-order chi connectivity index (χ1) is 7.36. The molecule has 0 bridgehead atoms. The summed E-state index contributed by atoms with van der Waals surface area (Å²) in [7, 11) is 1.80. The van der Waals surface area contributed by atoms with E-state index in [2.05, 4.69) is 34.0 Å². The summed E-state index contributed by atoms with van der Waals surface area (Å²) in [5, 5.41) is 6.53. The van der Waals surface area contributed by atoms with Gasteiger partial charge in [0.2, 0.25) is 0 Å². The second-order valence-electron chi connectivity index (χ2n) is 3.68. The predicted molar refractivity (Wildman–Crippen MR) is 85.0 cm³/mol. The molecule has 0 radical (unpaired) electrons. The molecule has 1 saturated heterocycles. The fraction of sp³-hybridized carbons (Fsp3) is 0.727. The number of aliphatic imine (C=N–C) groups is 1. The van der Waals surface area contributed by atoms with Crippen LogP contribution < -0.4 is 10.6 Å². The highest BCUT2D eigenvalue weighted by atomic mass is 127. The third-order valence-corrected chi connectivity index (χ3v) is 3.59. The van der Waals surface area contributed by atoms with Crippen molar-refractivity contribution in [3.63, 3.8) is 0 Å². The summed E-state index contributed by atoms with van der Waals surface area (Å²) in [4.78, 5) is 4.15. The maximum atomic E-state index is 4.15. The van der Waals surface area contributed by atoms with E-state index in [4.69, 9.17) is 0 Å². The van der Waals surface area contributed by atoms with Crippen LogP contribution >= 0.6 is 35.7 Å². The molecule has 3 nitrogen and oxygen atoms in total. The van der Waals surface area contributed by atoms with Crippen LogP contribution in [-0.4, -0.2) is 37.6 Å². The number of rotatable bonds is 4. The molecule has 0 aromatic heterocycles. The van der Waals surface area contributed by atoms with E-state index in [1.54, 1.807) is 7.05 Å². The van der Waals surface area contributed by atoms with E-state index >= 15 is 0 Å². The molecule has 0 amide bonds. The van der Waals surface area contributed by atoms with Gasteiger partial charge in [-0.2, -0.15) is 11.8 Å². The van der Waals surface area contributed by atoms with Crippen LogP contribution in [0.15, 0.2) is 17.6 Å². The van der Waals surface area contributed by atoms with Crippen molar-refractivity contribution in [2.45, 2.75) is 12.8 Å². The van der Waals surface area contributed by atoms with E-state index in [1.807, 2.05) is 6.08 Å². The third kappa shape index (κ3) is 6.62. The minimum Gasteiger partial charge on any atom is -0.356 e. The van der Waals surface area contributed by atoms with Crippen LogP contribution in [0.1, 0.15) is 12.8 Å². The first-order valence-electron chi connectivity index (χ1n) is 5.50. The lowest BCUT2D eigenvalue weighted by atomic mass is 10.0. The Labute approximate surface area is 120 Å². The molecule has 1 heterocycles. The molecule has 94 valence electrons. The lowest BCUT2D eigenvalue weighted by Crippen LogP contribution is -2.40. The van der Waals surface area contributed by atoms with Crippen LogP contribution in [0, 0.1) is 5.92 Å². The molecular formula is C11H22IN3S. The Morgan fingerprint density at radius 2 is 2.12 bits per heavy atom. The van der Waals surface area contributed by atoms with Gasteiger partial charge in [0, 0.05) is 20.1 Å². The molecule has 0 unspecified atom stereocenters. The van der Waals surface area contributed by atoms with Crippen LogP contribution in [0.2, 0.25) is 0 Å². The summed E-state index contributed by atoms with van der Waals surface area (Å²) in [5.41, 5.74) is 0. The van der Waals surface area contributed by atoms with Crippen molar-refractivity contribution in [2.75, 3.05) is 31.6 Å². The van der Waals surface area contributed by atoms with Gasteiger partial charge in [-0.05, 0) is 30.3 Å². The summed E-state index contributed by atoms with van der Waals surface area (Å²) in [5.74, 6) is 4.32. The number of nitrogens with zero attached hydrogens (tertiary/aromatic N) is 1. The molecule has 1 aliphatic rings. The van der Waals surface area contributed by atoms with Crippen LogP contribution in [0.4, 0.5) is 0 Å². The van der Waals surface area contributed by atoms with Crippen LogP contribution in [0.3, 0.4) is 0 Å². The summed E-state index contributed by atoms with van der Waals surface area (Å²) in [6, 6.07) is 0. The Bertz CT molecular complexity index is 215. The molecule has 1 aliphatic heterocycles. The molecule has 0 atom stereocenters. The Balaban J connectivity index is 0.00000225. The average Bonchev–Trinajstić information content (AvgIpc) is 2.31. The van der Waals surface area contributed by atoms with Crippen LogP contribution in [-0.2, 0) is 0 Å². The van der Waals surface area contributed by atoms with Gasteiger partial charge in [-0.25, -0.2) is 0 Å². The van der Waals surface area contributed by atoms with Crippen LogP contribution in [0.5, 0.6) is 0 Å². The fourth-order valence-corrected chi connectivity index (χ4v) is 2.79. The lowest BCUT2D eigenvalue weighted by Gasteiger charge is -2.22. The molecule has 5 heteroatoms. The molecule has 0 aromatic rings. The average molecular weight is 355 g/mol. The second kappa shape index (κ2) is 10.3. The van der Waals surface area contributed by atoms with Crippen molar-refractivity contribution in [3.8, 4) is 0 Å². The van der Waals surface area contributed by atoms with Crippen LogP contribution in [0.25, 0.3) is 0 Å². The van der Waals surface area contributed by atoms with Gasteiger partial charge in [0.1, 0.15) is 0 Å². The minimum atomic E-state index is 0. The maximum Gasteiger partial charge on any atom is 0.191 e. The van der Waals surface area contributed by atoms with Gasteiger partial charge in [-0.15, -0.1) is 30.6 Å². The third-order valence-electron chi connectivity index (χ3n) is 2.54. The van der Waals surface area contributed by atoms with E-state index in [9.17, 15) is 0 Å². The standard InChI is InChI=1S/C11H21N3S.HI/c1-3-6-13-11(12-2)14-9-10-4-7-15-8-5-10;/h3,10H,1,4-9H2,2H3,(H2,12,13,14);1H. The SMILES string of the molecule is C=CCNC(=NC)NCC1CCSCC1.I. The van der Waals surface area contributed by atoms with E-state index < -0.39 is 0 Å². The molecule has 0 aliphatic carbocycles. The van der Waals surface area contributed by atoms with Crippen molar-refractivity contribution < 1.29 is 0 Å². The normalized spacial score (nSPS) is 17.4. The van der Waals surface area contributed by atoms with Crippen molar-refractivity contribution in [1.29, 1.82) is 0 Å². The van der Waals surface area contributed by atoms with E-state index in [1.165, 1.54) is 24.3 Å². The Kier molecular flexibility index (Phi) is 10.3. The van der Waals surface area contributed by atoms with E-state index in [0.29, 0.717) is 0 Å². The van der Waals surface area contributed by atoms with Gasteiger partial charge in [-0.3, -0.25) is 4.99 Å². The number of halogens is 1. The molecule has 0 saturated carbocycles. The topological polar surface area (TPSA) is 36.4 Å². The molecule has 1 fully saturated rings. The van der Waals surface area contributed by atoms with Crippen molar-refractivity contribution >= 4 is 41.7 Å². The highest BCUT2D eigenvalue weighted by molar-refractivity contribution is 14.0. The second-order valence-corrected chi connectivity index (χ2v) is 4.90. The monoisotopic (exact) mass is 355 g/mol. The van der Waals surface area contributed by atoms with Gasteiger partial charge in [0.15, 0.2) is 5.96 Å². The zero-order valence-electron chi connectivity index (χ0n) is 9.87. The molecular weight excluding hydrogens is 333 g/mol. The number of nitrogens with one attached hydrogen (secondary N) is 2. The molecule has 16 heavy (non-hydrogen) atoms. The smallest absolute Gasteiger partial charge is 0.191 e. The van der Waals surface area contributed by atoms with Gasteiger partial charge in [-0.1, -0.05) is 6.08 Å². The number of hydrogen-bond acceptors (Lipinski definition) is 2. The lowest BCUT2D eigenvalue weighted by molar-refractivity contribution is 0.479. The van der Waals surface area contributed by atoms with Crippen molar-refractivity contribution in [1.82, 2.24) is 10.6 Å². The van der Waals surface area contributed by atoms with Crippen molar-refractivity contribution in [3.05, 3.63) is 12.7 Å². The van der Waals surface area contributed by atoms with Gasteiger partial charge < -0.3 is 10.6 Å². The number of guanidine groups is 1. The maximum absolute atomic E-state index is 4.15. The zero-order valence-corrected chi connectivity index (χ0v) is 13.0. The first-order valence-corrected chi connectivity index (χ1v) is 6.65. The quantitative estimate of drug-likeness (QED) is 0.351. The summed E-state index contributed by atoms with van der Waals surface area (Å²) in [6.45, 7) is 5.47. The highest BCUT2D eigenvalue weighted by Crippen LogP contribution is 2.21. The van der Waals surface area contributed by atoms with Crippen molar-refractivity contribution in [2.24, 2.45) is 10.9 Å². The highest BCUT2D eigenvalue weighted by Gasteiger charge is 2.13. The minimum absolute atomic E-state index is 0. The van der Waals surface area contributed by atoms with E-state index in [0.717, 1.165) is 25.0 Å². The molecule has 0 aromatic carbocycles. The Morgan fingerprint density at radius 3 is 2.69 bits per heavy atom. The zero-order chi connectivity index (χ0) is 10.9. The van der Waals surface area contributed by atoms with Gasteiger partial charge >= 0.3 is 0 Å². The van der Waals surface area contributed by atoms with Gasteiger partial charge in [0.05, 0.1) is 0 Å². The Hall–Kier alpha value is 0.0900. The summed E-state index contributed by atoms with van der Waals surface area (Å²) >= 11 is 2.07.